The predicted molar refractivity (Wildman–Crippen MR) is 59.7 cm³/mol. The van der Waals surface area contributed by atoms with Crippen molar-refractivity contribution in [3.05, 3.63) is 34.6 Å². The number of halogens is 3. The molecule has 0 fully saturated rings. The second-order valence-electron chi connectivity index (χ2n) is 3.42. The van der Waals surface area contributed by atoms with Crippen molar-refractivity contribution in [2.24, 2.45) is 0 Å². The first-order valence-corrected chi connectivity index (χ1v) is 5.49. The van der Waals surface area contributed by atoms with Gasteiger partial charge in [0.15, 0.2) is 0 Å². The molecular weight excluding hydrogens is 222 g/mol. The Bertz CT molecular complexity index is 297. The zero-order valence-electron chi connectivity index (χ0n) is 8.06. The lowest BCUT2D eigenvalue weighted by Gasteiger charge is -2.03. The highest BCUT2D eigenvalue weighted by Crippen LogP contribution is 2.17. The molecule has 0 N–H and O–H groups in total. The minimum Gasteiger partial charge on any atom is -0.205 e. The third-order valence-electron chi connectivity index (χ3n) is 2.05. The molecule has 1 unspecified atom stereocenters. The fraction of sp³-hybridized carbons (Fsp3) is 0.455. The molecule has 0 radical (unpaired) electrons. The van der Waals surface area contributed by atoms with Crippen molar-refractivity contribution in [3.63, 3.8) is 0 Å². The van der Waals surface area contributed by atoms with E-state index in [0.29, 0.717) is 0 Å². The van der Waals surface area contributed by atoms with Crippen LogP contribution in [0.2, 0.25) is 5.02 Å². The lowest BCUT2D eigenvalue weighted by Crippen LogP contribution is -1.93. The van der Waals surface area contributed by atoms with Crippen LogP contribution < -0.4 is 0 Å². The van der Waals surface area contributed by atoms with Gasteiger partial charge in [-0.15, -0.1) is 11.6 Å². The van der Waals surface area contributed by atoms with Gasteiger partial charge in [0.2, 0.25) is 0 Å². The maximum absolute atomic E-state index is 13.0. The SMILES string of the molecule is CC(Cl)CCCc1ccc(Cl)c(F)c1. The lowest BCUT2D eigenvalue weighted by atomic mass is 10.1. The molecule has 0 nitrogen and oxygen atoms in total. The molecule has 3 heteroatoms. The van der Waals surface area contributed by atoms with Crippen LogP contribution in [0.25, 0.3) is 0 Å². The van der Waals surface area contributed by atoms with Crippen LogP contribution in [0.3, 0.4) is 0 Å². The van der Waals surface area contributed by atoms with E-state index in [4.69, 9.17) is 23.2 Å². The molecule has 0 aliphatic heterocycles. The first-order chi connectivity index (χ1) is 6.59. The number of rotatable bonds is 4. The molecule has 0 bridgehead atoms. The first-order valence-electron chi connectivity index (χ1n) is 4.67. The summed E-state index contributed by atoms with van der Waals surface area (Å²) < 4.78 is 13.0. The molecule has 14 heavy (non-hydrogen) atoms. The number of hydrogen-bond donors (Lipinski definition) is 0. The van der Waals surface area contributed by atoms with Crippen LogP contribution in [0.4, 0.5) is 4.39 Å². The second kappa shape index (κ2) is 5.57. The van der Waals surface area contributed by atoms with Gasteiger partial charge in [-0.1, -0.05) is 17.7 Å². The van der Waals surface area contributed by atoms with Gasteiger partial charge in [0.05, 0.1) is 5.02 Å². The molecule has 0 saturated heterocycles. The minimum atomic E-state index is -0.344. The molecule has 0 aromatic heterocycles. The van der Waals surface area contributed by atoms with Crippen LogP contribution in [0, 0.1) is 5.82 Å². The van der Waals surface area contributed by atoms with Gasteiger partial charge in [0.25, 0.3) is 0 Å². The van der Waals surface area contributed by atoms with Gasteiger partial charge in [-0.25, -0.2) is 4.39 Å². The topological polar surface area (TPSA) is 0 Å². The molecule has 0 saturated carbocycles. The third kappa shape index (κ3) is 3.85. The van der Waals surface area contributed by atoms with Crippen molar-refractivity contribution in [1.82, 2.24) is 0 Å². The molecule has 1 rings (SSSR count). The molecule has 0 aliphatic carbocycles. The van der Waals surface area contributed by atoms with Gasteiger partial charge in [0.1, 0.15) is 5.82 Å². The summed E-state index contributed by atoms with van der Waals surface area (Å²) in [7, 11) is 0. The van der Waals surface area contributed by atoms with Gasteiger partial charge < -0.3 is 0 Å². The lowest BCUT2D eigenvalue weighted by molar-refractivity contribution is 0.623. The van der Waals surface area contributed by atoms with Gasteiger partial charge in [-0.2, -0.15) is 0 Å². The van der Waals surface area contributed by atoms with Crippen LogP contribution >= 0.6 is 23.2 Å². The van der Waals surface area contributed by atoms with Gasteiger partial charge >= 0.3 is 0 Å². The Hall–Kier alpha value is -0.270. The summed E-state index contributed by atoms with van der Waals surface area (Å²) in [5.74, 6) is -0.344. The molecule has 78 valence electrons. The highest BCUT2D eigenvalue weighted by atomic mass is 35.5. The molecule has 1 aromatic rings. The van der Waals surface area contributed by atoms with E-state index in [9.17, 15) is 4.39 Å². The Morgan fingerprint density at radius 1 is 1.43 bits per heavy atom. The van der Waals surface area contributed by atoms with Crippen molar-refractivity contribution in [2.45, 2.75) is 31.6 Å². The van der Waals surface area contributed by atoms with Crippen molar-refractivity contribution < 1.29 is 4.39 Å². The first kappa shape index (κ1) is 11.8. The summed E-state index contributed by atoms with van der Waals surface area (Å²) in [6, 6.07) is 4.93. The van der Waals surface area contributed by atoms with E-state index < -0.39 is 0 Å². The quantitative estimate of drug-likeness (QED) is 0.677. The summed E-state index contributed by atoms with van der Waals surface area (Å²) >= 11 is 11.4. The highest BCUT2D eigenvalue weighted by molar-refractivity contribution is 6.30. The van der Waals surface area contributed by atoms with E-state index in [2.05, 4.69) is 0 Å². The van der Waals surface area contributed by atoms with E-state index in [1.54, 1.807) is 6.07 Å². The fourth-order valence-corrected chi connectivity index (χ4v) is 1.55. The number of benzene rings is 1. The van der Waals surface area contributed by atoms with Gasteiger partial charge in [-0.3, -0.25) is 0 Å². The molecule has 0 heterocycles. The number of alkyl halides is 1. The second-order valence-corrected chi connectivity index (χ2v) is 4.57. The molecule has 0 spiro atoms. The van der Waals surface area contributed by atoms with Crippen molar-refractivity contribution in [2.75, 3.05) is 0 Å². The van der Waals surface area contributed by atoms with Crippen LogP contribution in [0.5, 0.6) is 0 Å². The van der Waals surface area contributed by atoms with Crippen LogP contribution in [-0.2, 0) is 6.42 Å². The molecule has 1 atom stereocenters. The fourth-order valence-electron chi connectivity index (χ4n) is 1.28. The normalized spacial score (nSPS) is 12.9. The maximum Gasteiger partial charge on any atom is 0.142 e. The average Bonchev–Trinajstić information content (AvgIpc) is 2.10. The van der Waals surface area contributed by atoms with E-state index in [1.807, 2.05) is 13.0 Å². The maximum atomic E-state index is 13.0. The molecule has 0 amide bonds. The Balaban J connectivity index is 2.47. The van der Waals surface area contributed by atoms with Crippen LogP contribution in [0.1, 0.15) is 25.3 Å². The minimum absolute atomic E-state index is 0.180. The van der Waals surface area contributed by atoms with Gasteiger partial charge in [0, 0.05) is 5.38 Å². The molecular formula is C11H13Cl2F. The predicted octanol–water partition coefficient (Wildman–Crippen LogP) is 4.43. The Kier molecular flexibility index (Phi) is 4.70. The van der Waals surface area contributed by atoms with E-state index in [0.717, 1.165) is 24.8 Å². The zero-order valence-corrected chi connectivity index (χ0v) is 9.58. The van der Waals surface area contributed by atoms with Crippen molar-refractivity contribution in [1.29, 1.82) is 0 Å². The number of hydrogen-bond acceptors (Lipinski definition) is 0. The van der Waals surface area contributed by atoms with E-state index >= 15 is 0 Å². The van der Waals surface area contributed by atoms with Crippen LogP contribution in [0.15, 0.2) is 18.2 Å². The average molecular weight is 235 g/mol. The number of aryl methyl sites for hydroxylation is 1. The summed E-state index contributed by atoms with van der Waals surface area (Å²) in [6.45, 7) is 1.96. The standard InChI is InChI=1S/C11H13Cl2F/c1-8(12)3-2-4-9-5-6-10(13)11(14)7-9/h5-8H,2-4H2,1H3. The Labute approximate surface area is 94.0 Å². The Morgan fingerprint density at radius 3 is 2.71 bits per heavy atom. The smallest absolute Gasteiger partial charge is 0.142 e. The summed E-state index contributed by atoms with van der Waals surface area (Å²) in [6.07, 6.45) is 2.78. The van der Waals surface area contributed by atoms with Crippen molar-refractivity contribution in [3.8, 4) is 0 Å². The third-order valence-corrected chi connectivity index (χ3v) is 2.58. The van der Waals surface area contributed by atoms with Crippen molar-refractivity contribution >= 4 is 23.2 Å². The largest absolute Gasteiger partial charge is 0.205 e. The zero-order chi connectivity index (χ0) is 10.6. The monoisotopic (exact) mass is 234 g/mol. The highest BCUT2D eigenvalue weighted by Gasteiger charge is 2.02. The van der Waals surface area contributed by atoms with E-state index in [-0.39, 0.29) is 16.2 Å². The van der Waals surface area contributed by atoms with Gasteiger partial charge in [-0.05, 0) is 43.9 Å². The molecule has 1 aromatic carbocycles. The molecule has 0 aliphatic rings. The van der Waals surface area contributed by atoms with E-state index in [1.165, 1.54) is 6.07 Å². The summed E-state index contributed by atoms with van der Waals surface area (Å²) in [5.41, 5.74) is 0.976. The Morgan fingerprint density at radius 2 is 2.14 bits per heavy atom. The summed E-state index contributed by atoms with van der Waals surface area (Å²) in [5, 5.41) is 0.367. The van der Waals surface area contributed by atoms with Crippen LogP contribution in [-0.4, -0.2) is 5.38 Å². The summed E-state index contributed by atoms with van der Waals surface area (Å²) in [4.78, 5) is 0.